The number of carbonyl (C=O) groups is 1. The highest BCUT2D eigenvalue weighted by molar-refractivity contribution is 7.10. The lowest BCUT2D eigenvalue weighted by Crippen LogP contribution is -2.04. The average Bonchev–Trinajstić information content (AvgIpc) is 3.08. The van der Waals surface area contributed by atoms with E-state index >= 15 is 0 Å². The van der Waals surface area contributed by atoms with Crippen molar-refractivity contribution in [2.75, 3.05) is 27.9 Å². The van der Waals surface area contributed by atoms with Crippen LogP contribution in [0, 0.1) is 11.8 Å². The van der Waals surface area contributed by atoms with Crippen LogP contribution in [-0.2, 0) is 4.74 Å². The molecular formula is C17H17NO5S. The van der Waals surface area contributed by atoms with Crippen LogP contribution in [0.2, 0.25) is 0 Å². The highest BCUT2D eigenvalue weighted by Crippen LogP contribution is 2.37. The highest BCUT2D eigenvalue weighted by Gasteiger charge is 2.13. The first-order chi connectivity index (χ1) is 11.6. The number of aromatic nitrogens is 1. The van der Waals surface area contributed by atoms with Crippen LogP contribution in [0.1, 0.15) is 28.0 Å². The van der Waals surface area contributed by atoms with Gasteiger partial charge < -0.3 is 18.9 Å². The number of ether oxygens (including phenoxy) is 4. The molecule has 0 amide bonds. The Hall–Kier alpha value is -2.72. The van der Waals surface area contributed by atoms with Gasteiger partial charge in [-0.15, -0.1) is 11.3 Å². The molecule has 0 aliphatic heterocycles. The number of nitrogens with zero attached hydrogens (tertiary/aromatic N) is 1. The van der Waals surface area contributed by atoms with Crippen LogP contribution in [0.25, 0.3) is 0 Å². The normalized spacial score (nSPS) is 9.67. The summed E-state index contributed by atoms with van der Waals surface area (Å²) in [4.78, 5) is 15.7. The van der Waals surface area contributed by atoms with E-state index in [-0.39, 0.29) is 5.69 Å². The molecule has 1 aromatic heterocycles. The Kier molecular flexibility index (Phi) is 6.04. The fourth-order valence-electron chi connectivity index (χ4n) is 1.91. The zero-order valence-electron chi connectivity index (χ0n) is 13.8. The van der Waals surface area contributed by atoms with Crippen molar-refractivity contribution in [3.8, 4) is 29.1 Å². The standard InChI is InChI=1S/C17H17NO5S/c1-5-23-17(19)12-10-24-15(18-12)7-6-11-8-13(20-2)16(22-4)14(9-11)21-3/h8-10H,5H2,1-4H3. The molecule has 0 unspecified atom stereocenters. The van der Waals surface area contributed by atoms with Crippen molar-refractivity contribution < 1.29 is 23.7 Å². The maximum Gasteiger partial charge on any atom is 0.357 e. The van der Waals surface area contributed by atoms with Gasteiger partial charge in [-0.2, -0.15) is 0 Å². The van der Waals surface area contributed by atoms with Crippen molar-refractivity contribution in [1.29, 1.82) is 0 Å². The predicted octanol–water partition coefficient (Wildman–Crippen LogP) is 2.75. The number of rotatable bonds is 5. The van der Waals surface area contributed by atoms with Gasteiger partial charge in [0, 0.05) is 10.9 Å². The van der Waals surface area contributed by atoms with Crippen LogP contribution >= 0.6 is 11.3 Å². The van der Waals surface area contributed by atoms with Gasteiger partial charge in [-0.3, -0.25) is 0 Å². The maximum atomic E-state index is 11.6. The third-order valence-corrected chi connectivity index (χ3v) is 3.72. The SMILES string of the molecule is CCOC(=O)c1csc(C#Cc2cc(OC)c(OC)c(OC)c2)n1. The summed E-state index contributed by atoms with van der Waals surface area (Å²) >= 11 is 1.28. The van der Waals surface area contributed by atoms with Crippen LogP contribution in [0.3, 0.4) is 0 Å². The van der Waals surface area contributed by atoms with Crippen molar-refractivity contribution in [3.05, 3.63) is 33.8 Å². The molecule has 126 valence electrons. The van der Waals surface area contributed by atoms with Crippen molar-refractivity contribution in [2.24, 2.45) is 0 Å². The zero-order chi connectivity index (χ0) is 17.5. The van der Waals surface area contributed by atoms with Gasteiger partial charge in [0.15, 0.2) is 22.2 Å². The van der Waals surface area contributed by atoms with Crippen LogP contribution in [-0.4, -0.2) is 38.9 Å². The minimum atomic E-state index is -0.449. The quantitative estimate of drug-likeness (QED) is 0.612. The van der Waals surface area contributed by atoms with Crippen molar-refractivity contribution in [3.63, 3.8) is 0 Å². The second kappa shape index (κ2) is 8.22. The molecule has 0 saturated heterocycles. The molecule has 6 nitrogen and oxygen atoms in total. The third-order valence-electron chi connectivity index (χ3n) is 2.97. The summed E-state index contributed by atoms with van der Waals surface area (Å²) < 4.78 is 20.7. The molecule has 1 heterocycles. The number of benzene rings is 1. The van der Waals surface area contributed by atoms with E-state index in [4.69, 9.17) is 18.9 Å². The number of hydrogen-bond acceptors (Lipinski definition) is 7. The summed E-state index contributed by atoms with van der Waals surface area (Å²) in [6, 6.07) is 3.49. The van der Waals surface area contributed by atoms with E-state index in [1.54, 1.807) is 38.7 Å². The number of methoxy groups -OCH3 is 3. The number of thiazole rings is 1. The molecule has 1 aromatic carbocycles. The number of carbonyl (C=O) groups excluding carboxylic acids is 1. The molecule has 0 N–H and O–H groups in total. The fourth-order valence-corrected chi connectivity index (χ4v) is 2.54. The van der Waals surface area contributed by atoms with Gasteiger partial charge in [0.2, 0.25) is 5.75 Å². The molecule has 0 aliphatic rings. The van der Waals surface area contributed by atoms with Gasteiger partial charge in [-0.05, 0) is 25.0 Å². The largest absolute Gasteiger partial charge is 0.493 e. The summed E-state index contributed by atoms with van der Waals surface area (Å²) in [5, 5.41) is 2.14. The van der Waals surface area contributed by atoms with E-state index in [9.17, 15) is 4.79 Å². The van der Waals surface area contributed by atoms with Crippen LogP contribution < -0.4 is 14.2 Å². The molecular weight excluding hydrogens is 330 g/mol. The van der Waals surface area contributed by atoms with Gasteiger partial charge >= 0.3 is 5.97 Å². The van der Waals surface area contributed by atoms with E-state index in [0.29, 0.717) is 34.4 Å². The van der Waals surface area contributed by atoms with Gasteiger partial charge in [-0.25, -0.2) is 9.78 Å². The Balaban J connectivity index is 2.29. The van der Waals surface area contributed by atoms with E-state index in [0.717, 1.165) is 0 Å². The lowest BCUT2D eigenvalue weighted by Gasteiger charge is -2.12. The Bertz CT molecular complexity index is 763. The summed E-state index contributed by atoms with van der Waals surface area (Å²) in [6.45, 7) is 2.05. The lowest BCUT2D eigenvalue weighted by atomic mass is 10.2. The van der Waals surface area contributed by atoms with Crippen LogP contribution in [0.15, 0.2) is 17.5 Å². The Morgan fingerprint density at radius 3 is 2.33 bits per heavy atom. The molecule has 0 atom stereocenters. The van der Waals surface area contributed by atoms with Crippen LogP contribution in [0.4, 0.5) is 0 Å². The van der Waals surface area contributed by atoms with Crippen LogP contribution in [0.5, 0.6) is 17.2 Å². The maximum absolute atomic E-state index is 11.6. The van der Waals surface area contributed by atoms with Gasteiger partial charge in [0.1, 0.15) is 0 Å². The molecule has 0 spiro atoms. The second-order valence-electron chi connectivity index (χ2n) is 4.42. The van der Waals surface area contributed by atoms with E-state index in [2.05, 4.69) is 16.8 Å². The van der Waals surface area contributed by atoms with Gasteiger partial charge in [0.25, 0.3) is 0 Å². The number of esters is 1. The Morgan fingerprint density at radius 2 is 1.79 bits per heavy atom. The summed E-state index contributed by atoms with van der Waals surface area (Å²) in [6.07, 6.45) is 0. The first kappa shape index (κ1) is 17.6. The van der Waals surface area contributed by atoms with Gasteiger partial charge in [-0.1, -0.05) is 5.92 Å². The zero-order valence-corrected chi connectivity index (χ0v) is 14.7. The first-order valence-corrected chi connectivity index (χ1v) is 7.95. The van der Waals surface area contributed by atoms with E-state index < -0.39 is 5.97 Å². The minimum Gasteiger partial charge on any atom is -0.493 e. The molecule has 2 rings (SSSR count). The monoisotopic (exact) mass is 347 g/mol. The predicted molar refractivity (Wildman–Crippen MR) is 90.1 cm³/mol. The summed E-state index contributed by atoms with van der Waals surface area (Å²) in [5.41, 5.74) is 0.938. The van der Waals surface area contributed by atoms with E-state index in [1.807, 2.05) is 0 Å². The van der Waals surface area contributed by atoms with Crippen molar-refractivity contribution >= 4 is 17.3 Å². The average molecular weight is 347 g/mol. The third kappa shape index (κ3) is 3.97. The lowest BCUT2D eigenvalue weighted by molar-refractivity contribution is 0.0520. The Labute approximate surface area is 144 Å². The fraction of sp³-hybridized carbons (Fsp3) is 0.294. The van der Waals surface area contributed by atoms with Gasteiger partial charge in [0.05, 0.1) is 27.9 Å². The number of hydrogen-bond donors (Lipinski definition) is 0. The topological polar surface area (TPSA) is 66.9 Å². The second-order valence-corrected chi connectivity index (χ2v) is 5.28. The minimum absolute atomic E-state index is 0.260. The summed E-state index contributed by atoms with van der Waals surface area (Å²) in [7, 11) is 4.63. The molecule has 7 heteroatoms. The molecule has 0 bridgehead atoms. The first-order valence-electron chi connectivity index (χ1n) is 7.07. The molecule has 2 aromatic rings. The smallest absolute Gasteiger partial charge is 0.357 e. The summed E-state index contributed by atoms with van der Waals surface area (Å²) in [5.74, 6) is 6.99. The highest BCUT2D eigenvalue weighted by atomic mass is 32.1. The molecule has 0 saturated carbocycles. The van der Waals surface area contributed by atoms with Crippen molar-refractivity contribution in [1.82, 2.24) is 4.98 Å². The molecule has 0 radical (unpaired) electrons. The molecule has 0 fully saturated rings. The molecule has 24 heavy (non-hydrogen) atoms. The van der Waals surface area contributed by atoms with Crippen molar-refractivity contribution in [2.45, 2.75) is 6.92 Å². The molecule has 0 aliphatic carbocycles. The Morgan fingerprint density at radius 1 is 1.12 bits per heavy atom. The van der Waals surface area contributed by atoms with E-state index in [1.165, 1.54) is 18.4 Å².